The molecule has 1 atom stereocenters. The van der Waals surface area contributed by atoms with Crippen molar-refractivity contribution in [2.75, 3.05) is 31.5 Å². The molecular formula is C18H26ClN3O2. The second-order valence-electron chi connectivity index (χ2n) is 6.67. The molecule has 3 rings (SSSR count). The molecule has 0 aromatic heterocycles. The van der Waals surface area contributed by atoms with E-state index in [1.54, 1.807) is 0 Å². The Bertz CT molecular complexity index is 610. The van der Waals surface area contributed by atoms with Gasteiger partial charge >= 0.3 is 0 Å². The monoisotopic (exact) mass is 351 g/mol. The molecule has 2 heterocycles. The van der Waals surface area contributed by atoms with Crippen molar-refractivity contribution in [2.45, 2.75) is 26.7 Å². The molecule has 0 aliphatic carbocycles. The first-order valence-corrected chi connectivity index (χ1v) is 8.48. The highest BCUT2D eigenvalue weighted by atomic mass is 35.5. The predicted octanol–water partition coefficient (Wildman–Crippen LogP) is 2.45. The number of amides is 2. The number of hydrogen-bond acceptors (Lipinski definition) is 3. The van der Waals surface area contributed by atoms with Crippen LogP contribution < -0.4 is 10.6 Å². The molecule has 2 saturated heterocycles. The van der Waals surface area contributed by atoms with Gasteiger partial charge in [-0.3, -0.25) is 9.59 Å². The second-order valence-corrected chi connectivity index (χ2v) is 6.67. The number of anilines is 1. The first-order chi connectivity index (χ1) is 11.1. The van der Waals surface area contributed by atoms with E-state index in [1.807, 2.05) is 36.9 Å². The molecule has 2 aliphatic heterocycles. The molecule has 0 saturated carbocycles. The lowest BCUT2D eigenvalue weighted by atomic mass is 9.88. The lowest BCUT2D eigenvalue weighted by molar-refractivity contribution is -0.121. The summed E-state index contributed by atoms with van der Waals surface area (Å²) in [5, 5.41) is 6.20. The predicted molar refractivity (Wildman–Crippen MR) is 97.7 cm³/mol. The van der Waals surface area contributed by atoms with Crippen molar-refractivity contribution >= 4 is 29.9 Å². The summed E-state index contributed by atoms with van der Waals surface area (Å²) < 4.78 is 0. The van der Waals surface area contributed by atoms with E-state index in [1.165, 1.54) is 0 Å². The summed E-state index contributed by atoms with van der Waals surface area (Å²) in [6.07, 6.45) is 2.16. The van der Waals surface area contributed by atoms with E-state index in [0.29, 0.717) is 11.5 Å². The second kappa shape index (κ2) is 7.99. The SMILES string of the molecule is Cc1c(NC(=O)C(C)C2CNC2)cccc1C(=O)N1CCCC1.Cl. The quantitative estimate of drug-likeness (QED) is 0.875. The first kappa shape index (κ1) is 18.7. The minimum absolute atomic E-state index is 0. The van der Waals surface area contributed by atoms with E-state index in [9.17, 15) is 9.59 Å². The maximum absolute atomic E-state index is 12.6. The summed E-state index contributed by atoms with van der Waals surface area (Å²) in [4.78, 5) is 26.9. The normalized spacial score (nSPS) is 18.5. The Balaban J connectivity index is 0.00000208. The summed E-state index contributed by atoms with van der Waals surface area (Å²) in [6.45, 7) is 7.35. The third kappa shape index (κ3) is 3.73. The van der Waals surface area contributed by atoms with Gasteiger partial charge < -0.3 is 15.5 Å². The van der Waals surface area contributed by atoms with Gasteiger partial charge in [-0.1, -0.05) is 13.0 Å². The fraction of sp³-hybridized carbons (Fsp3) is 0.556. The Morgan fingerprint density at radius 3 is 2.50 bits per heavy atom. The van der Waals surface area contributed by atoms with Crippen LogP contribution in [0.5, 0.6) is 0 Å². The number of halogens is 1. The van der Waals surface area contributed by atoms with Crippen LogP contribution in [0, 0.1) is 18.8 Å². The highest BCUT2D eigenvalue weighted by Gasteiger charge is 2.29. The van der Waals surface area contributed by atoms with Crippen molar-refractivity contribution < 1.29 is 9.59 Å². The summed E-state index contributed by atoms with van der Waals surface area (Å²) in [6, 6.07) is 5.58. The highest BCUT2D eigenvalue weighted by Crippen LogP contribution is 2.24. The summed E-state index contributed by atoms with van der Waals surface area (Å²) in [5.74, 6) is 0.496. The molecule has 2 amide bonds. The van der Waals surface area contributed by atoms with E-state index in [4.69, 9.17) is 0 Å². The van der Waals surface area contributed by atoms with Gasteiger partial charge in [0.2, 0.25) is 5.91 Å². The van der Waals surface area contributed by atoms with Crippen LogP contribution in [0.2, 0.25) is 0 Å². The largest absolute Gasteiger partial charge is 0.339 e. The third-order valence-corrected chi connectivity index (χ3v) is 5.15. The molecule has 1 aromatic rings. The van der Waals surface area contributed by atoms with Gasteiger partial charge in [-0.15, -0.1) is 12.4 Å². The molecule has 1 aromatic carbocycles. The van der Waals surface area contributed by atoms with Gasteiger partial charge in [-0.2, -0.15) is 0 Å². The number of likely N-dealkylation sites (tertiary alicyclic amines) is 1. The average molecular weight is 352 g/mol. The van der Waals surface area contributed by atoms with E-state index < -0.39 is 0 Å². The molecule has 0 radical (unpaired) electrons. The minimum Gasteiger partial charge on any atom is -0.339 e. The van der Waals surface area contributed by atoms with Crippen molar-refractivity contribution in [3.05, 3.63) is 29.3 Å². The molecule has 2 N–H and O–H groups in total. The zero-order chi connectivity index (χ0) is 16.4. The van der Waals surface area contributed by atoms with Crippen LogP contribution in [0.4, 0.5) is 5.69 Å². The number of benzene rings is 1. The standard InChI is InChI=1S/C18H25N3O2.ClH/c1-12(14-10-19-11-14)17(22)20-16-7-5-6-15(13(16)2)18(23)21-8-3-4-9-21;/h5-7,12,14,19H,3-4,8-11H2,1-2H3,(H,20,22);1H. The lowest BCUT2D eigenvalue weighted by Gasteiger charge is -2.31. The van der Waals surface area contributed by atoms with Gasteiger partial charge in [0, 0.05) is 30.3 Å². The van der Waals surface area contributed by atoms with Gasteiger partial charge in [0.05, 0.1) is 0 Å². The van der Waals surface area contributed by atoms with Crippen LogP contribution in [-0.4, -0.2) is 42.9 Å². The molecule has 2 fully saturated rings. The van der Waals surface area contributed by atoms with Crippen LogP contribution in [0.3, 0.4) is 0 Å². The van der Waals surface area contributed by atoms with Gasteiger partial charge in [0.25, 0.3) is 5.91 Å². The summed E-state index contributed by atoms with van der Waals surface area (Å²) in [5.41, 5.74) is 2.30. The number of carbonyl (C=O) groups excluding carboxylic acids is 2. The first-order valence-electron chi connectivity index (χ1n) is 8.48. The zero-order valence-electron chi connectivity index (χ0n) is 14.3. The fourth-order valence-electron chi connectivity index (χ4n) is 3.22. The Hall–Kier alpha value is -1.59. The molecule has 5 nitrogen and oxygen atoms in total. The van der Waals surface area contributed by atoms with Crippen molar-refractivity contribution in [3.63, 3.8) is 0 Å². The van der Waals surface area contributed by atoms with E-state index in [-0.39, 0.29) is 30.1 Å². The van der Waals surface area contributed by atoms with Crippen molar-refractivity contribution in [1.82, 2.24) is 10.2 Å². The fourth-order valence-corrected chi connectivity index (χ4v) is 3.22. The number of hydrogen-bond donors (Lipinski definition) is 2. The number of nitrogens with one attached hydrogen (secondary N) is 2. The maximum Gasteiger partial charge on any atom is 0.254 e. The van der Waals surface area contributed by atoms with E-state index in [0.717, 1.165) is 50.3 Å². The third-order valence-electron chi connectivity index (χ3n) is 5.15. The van der Waals surface area contributed by atoms with Crippen LogP contribution in [0.15, 0.2) is 18.2 Å². The minimum atomic E-state index is -0.0198. The van der Waals surface area contributed by atoms with Crippen LogP contribution >= 0.6 is 12.4 Å². The van der Waals surface area contributed by atoms with Crippen LogP contribution in [0.25, 0.3) is 0 Å². The van der Waals surface area contributed by atoms with Crippen molar-refractivity contribution in [1.29, 1.82) is 0 Å². The van der Waals surface area contributed by atoms with Crippen molar-refractivity contribution in [2.24, 2.45) is 11.8 Å². The zero-order valence-corrected chi connectivity index (χ0v) is 15.1. The average Bonchev–Trinajstić information content (AvgIpc) is 3.01. The molecule has 6 heteroatoms. The molecule has 1 unspecified atom stereocenters. The van der Waals surface area contributed by atoms with Gasteiger partial charge in [-0.25, -0.2) is 0 Å². The topological polar surface area (TPSA) is 61.4 Å². The number of carbonyl (C=O) groups is 2. The lowest BCUT2D eigenvalue weighted by Crippen LogP contribution is -2.48. The number of nitrogens with zero attached hydrogens (tertiary/aromatic N) is 1. The molecule has 0 spiro atoms. The van der Waals surface area contributed by atoms with Gasteiger partial charge in [0.1, 0.15) is 0 Å². The van der Waals surface area contributed by atoms with Gasteiger partial charge in [0.15, 0.2) is 0 Å². The Morgan fingerprint density at radius 2 is 1.92 bits per heavy atom. The molecular weight excluding hydrogens is 326 g/mol. The highest BCUT2D eigenvalue weighted by molar-refractivity contribution is 5.99. The van der Waals surface area contributed by atoms with Crippen LogP contribution in [-0.2, 0) is 4.79 Å². The van der Waals surface area contributed by atoms with Crippen LogP contribution in [0.1, 0.15) is 35.7 Å². The summed E-state index contributed by atoms with van der Waals surface area (Å²) >= 11 is 0. The Morgan fingerprint density at radius 1 is 1.25 bits per heavy atom. The van der Waals surface area contributed by atoms with Gasteiger partial charge in [-0.05, 0) is 56.5 Å². The molecule has 2 aliphatic rings. The van der Waals surface area contributed by atoms with Crippen molar-refractivity contribution in [3.8, 4) is 0 Å². The number of rotatable bonds is 4. The smallest absolute Gasteiger partial charge is 0.254 e. The van der Waals surface area contributed by atoms with E-state index in [2.05, 4.69) is 10.6 Å². The maximum atomic E-state index is 12.6. The molecule has 24 heavy (non-hydrogen) atoms. The summed E-state index contributed by atoms with van der Waals surface area (Å²) in [7, 11) is 0. The molecule has 0 bridgehead atoms. The Kier molecular flexibility index (Phi) is 6.24. The molecule has 132 valence electrons. The Labute approximate surface area is 149 Å². The van der Waals surface area contributed by atoms with E-state index >= 15 is 0 Å².